The van der Waals surface area contributed by atoms with Crippen LogP contribution in [0.2, 0.25) is 0 Å². The molecule has 2 atom stereocenters. The van der Waals surface area contributed by atoms with Crippen LogP contribution in [0.5, 0.6) is 0 Å². The number of hydrogen-bond donors (Lipinski definition) is 0. The molecule has 0 heterocycles. The minimum atomic E-state index is -0.488. The van der Waals surface area contributed by atoms with E-state index >= 15 is 0 Å². The van der Waals surface area contributed by atoms with Crippen LogP contribution in [0.3, 0.4) is 0 Å². The van der Waals surface area contributed by atoms with Crippen molar-refractivity contribution in [3.05, 3.63) is 35.4 Å². The Morgan fingerprint density at radius 2 is 1.73 bits per heavy atom. The lowest BCUT2D eigenvalue weighted by molar-refractivity contribution is -0.221. The average molecular weight is 361 g/mol. The number of ether oxygens (including phenoxy) is 2. The van der Waals surface area contributed by atoms with Gasteiger partial charge >= 0.3 is 5.97 Å². The number of rotatable bonds is 7. The summed E-state index contributed by atoms with van der Waals surface area (Å²) in [4.78, 5) is 12.5. The molecule has 1 aromatic carbocycles. The highest BCUT2D eigenvalue weighted by Crippen LogP contribution is 2.29. The van der Waals surface area contributed by atoms with Crippen LogP contribution in [0.15, 0.2) is 24.3 Å². The molecule has 0 spiro atoms. The van der Waals surface area contributed by atoms with Gasteiger partial charge in [-0.15, -0.1) is 0 Å². The van der Waals surface area contributed by atoms with Crippen LogP contribution in [0.25, 0.3) is 0 Å². The van der Waals surface area contributed by atoms with Crippen molar-refractivity contribution in [2.45, 2.75) is 97.9 Å². The standard InChI is InChI=1S/C23H36O3/c1-6-17(2)19-14-12-18(13-15-19)16-21(24)26-22(23(3,4)5)25-20-10-8-7-9-11-20/h12-15,17,20,22H,6-11,16H2,1-5H3. The summed E-state index contributed by atoms with van der Waals surface area (Å²) in [6, 6.07) is 8.32. The van der Waals surface area contributed by atoms with Gasteiger partial charge in [-0.05, 0) is 36.3 Å². The number of benzene rings is 1. The first kappa shape index (κ1) is 21.0. The first-order valence-corrected chi connectivity index (χ1v) is 10.2. The molecule has 0 amide bonds. The Kier molecular flexibility index (Phi) is 7.69. The van der Waals surface area contributed by atoms with Crippen molar-refractivity contribution in [3.8, 4) is 0 Å². The monoisotopic (exact) mass is 360 g/mol. The first-order chi connectivity index (χ1) is 12.3. The average Bonchev–Trinajstić information content (AvgIpc) is 2.61. The third kappa shape index (κ3) is 6.42. The Balaban J connectivity index is 1.93. The quantitative estimate of drug-likeness (QED) is 0.441. The highest BCUT2D eigenvalue weighted by Gasteiger charge is 2.32. The largest absolute Gasteiger partial charge is 0.435 e. The van der Waals surface area contributed by atoms with E-state index in [1.807, 2.05) is 12.1 Å². The Hall–Kier alpha value is -1.35. The van der Waals surface area contributed by atoms with Gasteiger partial charge in [-0.2, -0.15) is 0 Å². The molecular weight excluding hydrogens is 324 g/mol. The molecule has 2 rings (SSSR count). The maximum Gasteiger partial charge on any atom is 0.312 e. The normalized spacial score (nSPS) is 18.3. The van der Waals surface area contributed by atoms with E-state index in [0.29, 0.717) is 12.3 Å². The molecule has 0 aliphatic heterocycles. The molecule has 26 heavy (non-hydrogen) atoms. The van der Waals surface area contributed by atoms with Crippen LogP contribution in [0, 0.1) is 5.41 Å². The maximum atomic E-state index is 12.5. The predicted octanol–water partition coefficient (Wildman–Crippen LogP) is 6.01. The molecule has 2 unspecified atom stereocenters. The highest BCUT2D eigenvalue weighted by atomic mass is 16.7. The lowest BCUT2D eigenvalue weighted by Gasteiger charge is -2.34. The Bertz CT molecular complexity index is 550. The fourth-order valence-corrected chi connectivity index (χ4v) is 3.31. The summed E-state index contributed by atoms with van der Waals surface area (Å²) in [7, 11) is 0. The molecule has 0 bridgehead atoms. The number of carbonyl (C=O) groups excluding carboxylic acids is 1. The molecule has 1 aromatic rings. The molecule has 146 valence electrons. The van der Waals surface area contributed by atoms with E-state index in [0.717, 1.165) is 24.8 Å². The molecule has 1 saturated carbocycles. The maximum absolute atomic E-state index is 12.5. The van der Waals surface area contributed by atoms with Crippen LogP contribution in [-0.2, 0) is 20.7 Å². The second kappa shape index (κ2) is 9.55. The molecule has 0 aromatic heterocycles. The van der Waals surface area contributed by atoms with E-state index in [1.54, 1.807) is 0 Å². The van der Waals surface area contributed by atoms with Crippen molar-refractivity contribution in [3.63, 3.8) is 0 Å². The van der Waals surface area contributed by atoms with Crippen LogP contribution in [-0.4, -0.2) is 18.4 Å². The topological polar surface area (TPSA) is 35.5 Å². The summed E-state index contributed by atoms with van der Waals surface area (Å²) >= 11 is 0. The predicted molar refractivity (Wildman–Crippen MR) is 106 cm³/mol. The van der Waals surface area contributed by atoms with E-state index in [9.17, 15) is 4.79 Å². The number of carbonyl (C=O) groups is 1. The summed E-state index contributed by atoms with van der Waals surface area (Å²) in [5.41, 5.74) is 2.08. The lowest BCUT2D eigenvalue weighted by atomic mass is 9.94. The van der Waals surface area contributed by atoms with Gasteiger partial charge in [-0.3, -0.25) is 4.79 Å². The smallest absolute Gasteiger partial charge is 0.312 e. The second-order valence-corrected chi connectivity index (χ2v) is 8.81. The molecule has 0 N–H and O–H groups in total. The minimum Gasteiger partial charge on any atom is -0.435 e. The van der Waals surface area contributed by atoms with Crippen molar-refractivity contribution in [2.75, 3.05) is 0 Å². The zero-order chi connectivity index (χ0) is 19.2. The first-order valence-electron chi connectivity index (χ1n) is 10.2. The van der Waals surface area contributed by atoms with Crippen LogP contribution in [0.4, 0.5) is 0 Å². The fourth-order valence-electron chi connectivity index (χ4n) is 3.31. The molecule has 3 nitrogen and oxygen atoms in total. The lowest BCUT2D eigenvalue weighted by Crippen LogP contribution is -2.38. The van der Waals surface area contributed by atoms with Gasteiger partial charge in [0.15, 0.2) is 0 Å². The highest BCUT2D eigenvalue weighted by molar-refractivity contribution is 5.72. The Morgan fingerprint density at radius 3 is 2.27 bits per heavy atom. The van der Waals surface area contributed by atoms with Gasteiger partial charge in [-0.25, -0.2) is 0 Å². The Morgan fingerprint density at radius 1 is 1.12 bits per heavy atom. The molecule has 1 aliphatic rings. The second-order valence-electron chi connectivity index (χ2n) is 8.81. The van der Waals surface area contributed by atoms with Gasteiger partial charge < -0.3 is 9.47 Å². The molecule has 3 heteroatoms. The third-order valence-electron chi connectivity index (χ3n) is 5.32. The summed E-state index contributed by atoms with van der Waals surface area (Å²) in [5.74, 6) is 0.335. The van der Waals surface area contributed by atoms with E-state index in [4.69, 9.17) is 9.47 Å². The van der Waals surface area contributed by atoms with Gasteiger partial charge in [0.2, 0.25) is 6.29 Å². The SMILES string of the molecule is CCC(C)c1ccc(CC(=O)OC(OC2CCCCC2)C(C)(C)C)cc1. The molecule has 0 saturated heterocycles. The van der Waals surface area contributed by atoms with Gasteiger partial charge in [0.05, 0.1) is 12.5 Å². The summed E-state index contributed by atoms with van der Waals surface area (Å²) in [6.07, 6.45) is 6.98. The van der Waals surface area contributed by atoms with E-state index in [-0.39, 0.29) is 17.5 Å². The molecule has 0 radical (unpaired) electrons. The fraction of sp³-hybridized carbons (Fsp3) is 0.696. The van der Waals surface area contributed by atoms with Gasteiger partial charge in [-0.1, -0.05) is 78.1 Å². The zero-order valence-electron chi connectivity index (χ0n) is 17.2. The van der Waals surface area contributed by atoms with Crippen molar-refractivity contribution >= 4 is 5.97 Å². The van der Waals surface area contributed by atoms with Gasteiger partial charge in [0.25, 0.3) is 0 Å². The van der Waals surface area contributed by atoms with Gasteiger partial charge in [0, 0.05) is 5.41 Å². The molecule has 1 fully saturated rings. The number of esters is 1. The van der Waals surface area contributed by atoms with E-state index in [2.05, 4.69) is 46.8 Å². The van der Waals surface area contributed by atoms with Gasteiger partial charge in [0.1, 0.15) is 0 Å². The van der Waals surface area contributed by atoms with Crippen molar-refractivity contribution in [1.29, 1.82) is 0 Å². The summed E-state index contributed by atoms with van der Waals surface area (Å²) in [5, 5.41) is 0. The molecule has 1 aliphatic carbocycles. The zero-order valence-corrected chi connectivity index (χ0v) is 17.2. The van der Waals surface area contributed by atoms with Crippen molar-refractivity contribution < 1.29 is 14.3 Å². The van der Waals surface area contributed by atoms with E-state index in [1.165, 1.54) is 24.8 Å². The van der Waals surface area contributed by atoms with E-state index < -0.39 is 6.29 Å². The Labute approximate surface area is 159 Å². The summed E-state index contributed by atoms with van der Waals surface area (Å²) < 4.78 is 11.9. The third-order valence-corrected chi connectivity index (χ3v) is 5.32. The van der Waals surface area contributed by atoms with Crippen LogP contribution >= 0.6 is 0 Å². The van der Waals surface area contributed by atoms with Crippen molar-refractivity contribution in [2.24, 2.45) is 5.41 Å². The van der Waals surface area contributed by atoms with Crippen LogP contribution < -0.4 is 0 Å². The number of hydrogen-bond acceptors (Lipinski definition) is 3. The summed E-state index contributed by atoms with van der Waals surface area (Å²) in [6.45, 7) is 10.6. The van der Waals surface area contributed by atoms with Crippen LogP contribution in [0.1, 0.15) is 90.2 Å². The molecular formula is C23H36O3. The van der Waals surface area contributed by atoms with Crippen molar-refractivity contribution in [1.82, 2.24) is 0 Å². The minimum absolute atomic E-state index is 0.211.